The molecule has 210 valence electrons. The van der Waals surface area contributed by atoms with Crippen LogP contribution in [0.5, 0.6) is 0 Å². The zero-order valence-corrected chi connectivity index (χ0v) is 22.4. The van der Waals surface area contributed by atoms with Crippen molar-refractivity contribution in [2.24, 2.45) is 11.8 Å². The van der Waals surface area contributed by atoms with Crippen LogP contribution in [0.4, 0.5) is 0 Å². The van der Waals surface area contributed by atoms with Gasteiger partial charge in [0.25, 0.3) is 0 Å². The zero-order valence-electron chi connectivity index (χ0n) is 22.4. The molecule has 0 aromatic rings. The van der Waals surface area contributed by atoms with Gasteiger partial charge in [0.05, 0.1) is 19.1 Å². The predicted octanol–water partition coefficient (Wildman–Crippen LogP) is 0.744. The lowest BCUT2D eigenvalue weighted by Crippen LogP contribution is -2.57. The van der Waals surface area contributed by atoms with Gasteiger partial charge in [-0.1, -0.05) is 38.0 Å². The van der Waals surface area contributed by atoms with Gasteiger partial charge in [-0.2, -0.15) is 0 Å². The second kappa shape index (κ2) is 11.5. The third-order valence-electron chi connectivity index (χ3n) is 8.88. The van der Waals surface area contributed by atoms with E-state index >= 15 is 0 Å². The molecule has 5 aliphatic heterocycles. The fourth-order valence-electron chi connectivity index (χ4n) is 6.92. The molecule has 0 bridgehead atoms. The van der Waals surface area contributed by atoms with E-state index in [2.05, 4.69) is 4.90 Å². The Bertz CT molecular complexity index is 964. The van der Waals surface area contributed by atoms with E-state index < -0.39 is 35.0 Å². The Balaban J connectivity index is 1.46. The number of unbranched alkanes of at least 4 members (excludes halogenated alkanes) is 3. The molecule has 0 aliphatic carbocycles. The summed E-state index contributed by atoms with van der Waals surface area (Å²) in [5.41, 5.74) is -2.22. The van der Waals surface area contributed by atoms with Crippen LogP contribution < -0.4 is 0 Å². The Morgan fingerprint density at radius 2 is 1.74 bits per heavy atom. The van der Waals surface area contributed by atoms with Crippen molar-refractivity contribution >= 4 is 17.8 Å². The van der Waals surface area contributed by atoms with Gasteiger partial charge in [0, 0.05) is 45.9 Å². The quantitative estimate of drug-likeness (QED) is 0.250. The molecular formula is C28H41N3O7. The number of fused-ring (bicyclic) bond motifs is 2. The summed E-state index contributed by atoms with van der Waals surface area (Å²) in [6.45, 7) is 7.41. The number of hydrogen-bond acceptors (Lipinski definition) is 8. The van der Waals surface area contributed by atoms with Crippen LogP contribution in [0.1, 0.15) is 39.0 Å². The van der Waals surface area contributed by atoms with E-state index in [1.165, 1.54) is 0 Å². The molecule has 10 nitrogen and oxygen atoms in total. The Morgan fingerprint density at radius 3 is 2.50 bits per heavy atom. The van der Waals surface area contributed by atoms with Crippen LogP contribution in [0.2, 0.25) is 0 Å². The standard InChI is InChI=1S/C28H41N3O7/c1-2-27-9-8-18-37-26(35)22(27)21-24(33)31(12-5-3-4-6-17-32)23-25(34)30(11-7-10-28(21,23)38-27)14-13-29-15-19-36-20-16-29/h7-10,21-23,32H,2-6,11-20H2,1H3/t21-,22+,23?,27-,28-/m0/s1. The molecule has 0 aromatic heterocycles. The van der Waals surface area contributed by atoms with Gasteiger partial charge in [-0.25, -0.2) is 0 Å². The number of carbonyl (C=O) groups is 3. The van der Waals surface area contributed by atoms with Gasteiger partial charge < -0.3 is 29.1 Å². The van der Waals surface area contributed by atoms with Crippen molar-refractivity contribution in [1.82, 2.24) is 14.7 Å². The highest BCUT2D eigenvalue weighted by atomic mass is 16.6. The van der Waals surface area contributed by atoms with Crippen LogP contribution in [0.25, 0.3) is 0 Å². The third kappa shape index (κ3) is 4.69. The summed E-state index contributed by atoms with van der Waals surface area (Å²) < 4.78 is 17.8. The van der Waals surface area contributed by atoms with Crippen molar-refractivity contribution < 1.29 is 33.7 Å². The van der Waals surface area contributed by atoms with E-state index in [4.69, 9.17) is 19.3 Å². The molecule has 0 radical (unpaired) electrons. The van der Waals surface area contributed by atoms with Gasteiger partial charge in [-0.05, 0) is 25.3 Å². The van der Waals surface area contributed by atoms with Crippen LogP contribution >= 0.6 is 0 Å². The Morgan fingerprint density at radius 1 is 0.947 bits per heavy atom. The maximum atomic E-state index is 14.3. The minimum atomic E-state index is -1.23. The number of cyclic esters (lactones) is 1. The van der Waals surface area contributed by atoms with Crippen LogP contribution in [-0.4, -0.2) is 121 Å². The number of hydrogen-bond donors (Lipinski definition) is 1. The Hall–Kier alpha value is -2.27. The summed E-state index contributed by atoms with van der Waals surface area (Å²) in [5, 5.41) is 9.13. The highest BCUT2D eigenvalue weighted by Gasteiger charge is 2.75. The van der Waals surface area contributed by atoms with Crippen molar-refractivity contribution in [3.8, 4) is 0 Å². The van der Waals surface area contributed by atoms with Crippen LogP contribution in [0.3, 0.4) is 0 Å². The second-order valence-electron chi connectivity index (χ2n) is 11.0. The molecule has 38 heavy (non-hydrogen) atoms. The predicted molar refractivity (Wildman–Crippen MR) is 138 cm³/mol. The number of aliphatic hydroxyl groups excluding tert-OH is 1. The first-order valence-electron chi connectivity index (χ1n) is 14.2. The van der Waals surface area contributed by atoms with Crippen LogP contribution in [-0.2, 0) is 28.6 Å². The second-order valence-corrected chi connectivity index (χ2v) is 11.0. The van der Waals surface area contributed by atoms with E-state index in [1.54, 1.807) is 11.0 Å². The summed E-state index contributed by atoms with van der Waals surface area (Å²) in [4.78, 5) is 47.5. The Labute approximate surface area is 224 Å². The summed E-state index contributed by atoms with van der Waals surface area (Å²) >= 11 is 0. The molecule has 1 spiro atoms. The molecular weight excluding hydrogens is 490 g/mol. The van der Waals surface area contributed by atoms with Crippen molar-refractivity contribution in [2.45, 2.75) is 56.3 Å². The van der Waals surface area contributed by atoms with Gasteiger partial charge in [-0.3, -0.25) is 19.3 Å². The number of amides is 2. The topological polar surface area (TPSA) is 109 Å². The molecule has 1 N–H and O–H groups in total. The molecule has 5 heterocycles. The van der Waals surface area contributed by atoms with Gasteiger partial charge in [0.2, 0.25) is 11.8 Å². The lowest BCUT2D eigenvalue weighted by molar-refractivity contribution is -0.159. The number of likely N-dealkylation sites (tertiary alicyclic amines) is 1. The van der Waals surface area contributed by atoms with Gasteiger partial charge in [0.15, 0.2) is 0 Å². The van der Waals surface area contributed by atoms with Gasteiger partial charge >= 0.3 is 5.97 Å². The molecule has 5 atom stereocenters. The molecule has 0 saturated carbocycles. The number of esters is 1. The average molecular weight is 532 g/mol. The minimum Gasteiger partial charge on any atom is -0.461 e. The average Bonchev–Trinajstić information content (AvgIpc) is 3.20. The molecule has 2 amide bonds. The maximum absolute atomic E-state index is 14.3. The molecule has 5 aliphatic rings. The van der Waals surface area contributed by atoms with Crippen molar-refractivity contribution in [1.29, 1.82) is 0 Å². The number of morpholine rings is 1. The number of rotatable bonds is 10. The summed E-state index contributed by atoms with van der Waals surface area (Å²) in [7, 11) is 0. The van der Waals surface area contributed by atoms with Crippen molar-refractivity contribution in [2.75, 3.05) is 65.7 Å². The van der Waals surface area contributed by atoms with E-state index in [-0.39, 0.29) is 25.0 Å². The molecule has 5 rings (SSSR count). The van der Waals surface area contributed by atoms with E-state index in [9.17, 15) is 14.4 Å². The first-order chi connectivity index (χ1) is 18.5. The smallest absolute Gasteiger partial charge is 0.313 e. The van der Waals surface area contributed by atoms with Crippen molar-refractivity contribution in [3.63, 3.8) is 0 Å². The first-order valence-corrected chi connectivity index (χ1v) is 14.2. The van der Waals surface area contributed by atoms with E-state index in [1.807, 2.05) is 30.1 Å². The zero-order chi connectivity index (χ0) is 26.8. The highest BCUT2D eigenvalue weighted by molar-refractivity contribution is 5.99. The first kappa shape index (κ1) is 27.3. The number of ether oxygens (including phenoxy) is 3. The number of nitrogens with zero attached hydrogens (tertiary/aromatic N) is 3. The maximum Gasteiger partial charge on any atom is 0.313 e. The van der Waals surface area contributed by atoms with E-state index in [0.29, 0.717) is 52.1 Å². The van der Waals surface area contributed by atoms with Crippen molar-refractivity contribution in [3.05, 3.63) is 24.3 Å². The van der Waals surface area contributed by atoms with E-state index in [0.717, 1.165) is 32.5 Å². The summed E-state index contributed by atoms with van der Waals surface area (Å²) in [5.74, 6) is -2.41. The van der Waals surface area contributed by atoms with Gasteiger partial charge in [0.1, 0.15) is 29.8 Å². The molecule has 0 aromatic carbocycles. The minimum absolute atomic E-state index is 0.130. The largest absolute Gasteiger partial charge is 0.461 e. The number of carbonyl (C=O) groups excluding carboxylic acids is 3. The fraction of sp³-hybridized carbons (Fsp3) is 0.750. The lowest BCUT2D eigenvalue weighted by atomic mass is 9.73. The monoisotopic (exact) mass is 531 g/mol. The normalized spacial score (nSPS) is 35.1. The van der Waals surface area contributed by atoms with Gasteiger partial charge in [-0.15, -0.1) is 0 Å². The highest BCUT2D eigenvalue weighted by Crippen LogP contribution is 2.58. The molecule has 1 unspecified atom stereocenters. The van der Waals surface area contributed by atoms with Crippen LogP contribution in [0.15, 0.2) is 24.3 Å². The summed E-state index contributed by atoms with van der Waals surface area (Å²) in [6.07, 6.45) is 11.1. The fourth-order valence-corrected chi connectivity index (χ4v) is 6.92. The van der Waals surface area contributed by atoms with Crippen LogP contribution in [0, 0.1) is 11.8 Å². The summed E-state index contributed by atoms with van der Waals surface area (Å²) in [6, 6.07) is -0.835. The number of aliphatic hydroxyl groups is 1. The molecule has 10 heteroatoms. The SMILES string of the molecule is CC[C@]12C=CCOC(=O)[C@H]1[C@H]1C(=O)N(CCCCCCO)C3C(=O)N(CCN4CCOCC4)CC=C[C@@]31O2. The lowest BCUT2D eigenvalue weighted by Gasteiger charge is -2.38. The Kier molecular flexibility index (Phi) is 8.23. The third-order valence-corrected chi connectivity index (χ3v) is 8.88. The molecule has 3 saturated heterocycles. The molecule has 3 fully saturated rings.